The lowest BCUT2D eigenvalue weighted by molar-refractivity contribution is -0.111. The highest BCUT2D eigenvalue weighted by molar-refractivity contribution is 9.10. The van der Waals surface area contributed by atoms with E-state index in [2.05, 4.69) is 20.7 Å². The molecule has 1 aromatic heterocycles. The summed E-state index contributed by atoms with van der Waals surface area (Å²) in [5, 5.41) is 0.757. The van der Waals surface area contributed by atoms with Crippen LogP contribution in [0.1, 0.15) is 11.1 Å². The van der Waals surface area contributed by atoms with E-state index >= 15 is 0 Å². The summed E-state index contributed by atoms with van der Waals surface area (Å²) >= 11 is 3.41. The predicted octanol–water partition coefficient (Wildman–Crippen LogP) is 2.52. The molecule has 1 N–H and O–H groups in total. The monoisotopic (exact) mass is 279 g/mol. The zero-order valence-electron chi connectivity index (χ0n) is 8.45. The Morgan fingerprint density at radius 2 is 2.19 bits per heavy atom. The number of nitrogens with one attached hydrogen (secondary N) is 1. The van der Waals surface area contributed by atoms with Crippen molar-refractivity contribution in [3.63, 3.8) is 0 Å². The van der Waals surface area contributed by atoms with Gasteiger partial charge in [0.2, 0.25) is 0 Å². The molecule has 0 spiro atoms. The second kappa shape index (κ2) is 4.04. The maximum atomic E-state index is 11.3. The molecule has 0 unspecified atom stereocenters. The first-order valence-electron chi connectivity index (χ1n) is 4.55. The second-order valence-electron chi connectivity index (χ2n) is 3.38. The van der Waals surface area contributed by atoms with Gasteiger partial charge in [0.1, 0.15) is 5.58 Å². The van der Waals surface area contributed by atoms with Crippen molar-refractivity contribution >= 4 is 33.1 Å². The Hall–Kier alpha value is -1.71. The quantitative estimate of drug-likeness (QED) is 0.377. The smallest absolute Gasteiger partial charge is 0.338 e. The molecule has 0 aliphatic rings. The summed E-state index contributed by atoms with van der Waals surface area (Å²) in [6.07, 6.45) is 1.32. The lowest BCUT2D eigenvalue weighted by Gasteiger charge is -2.01. The Labute approximate surface area is 99.3 Å². The van der Waals surface area contributed by atoms with Crippen LogP contribution < -0.4 is 5.63 Å². The van der Waals surface area contributed by atoms with Gasteiger partial charge >= 0.3 is 11.8 Å². The van der Waals surface area contributed by atoms with E-state index in [4.69, 9.17) is 9.95 Å². The molecule has 1 aromatic carbocycles. The number of fused-ring (bicyclic) bond motifs is 1. The average Bonchev–Trinajstić information content (AvgIpc) is 2.21. The van der Waals surface area contributed by atoms with Crippen molar-refractivity contribution in [1.82, 2.24) is 0 Å². The highest BCUT2D eigenvalue weighted by atomic mass is 79.9. The molecule has 0 saturated carbocycles. The van der Waals surface area contributed by atoms with Crippen LogP contribution in [0.2, 0.25) is 0 Å². The molecule has 0 fully saturated rings. The van der Waals surface area contributed by atoms with Gasteiger partial charge < -0.3 is 4.42 Å². The van der Waals surface area contributed by atoms with Crippen LogP contribution in [0.5, 0.6) is 0 Å². The molecule has 0 aliphatic heterocycles. The maximum absolute atomic E-state index is 11.3. The summed E-state index contributed by atoms with van der Waals surface area (Å²) in [5.41, 5.74) is 8.44. The van der Waals surface area contributed by atoms with Crippen molar-refractivity contribution in [3.05, 3.63) is 44.2 Å². The van der Waals surface area contributed by atoms with E-state index in [1.807, 2.05) is 13.0 Å². The summed E-state index contributed by atoms with van der Waals surface area (Å²) in [7, 11) is 0. The van der Waals surface area contributed by atoms with E-state index in [1.54, 1.807) is 6.07 Å². The van der Waals surface area contributed by atoms with E-state index in [-0.39, 0.29) is 0 Å². The number of nitrogens with zero attached hydrogens (tertiary/aromatic N) is 1. The van der Waals surface area contributed by atoms with Crippen LogP contribution in [0.4, 0.5) is 0 Å². The first-order chi connectivity index (χ1) is 7.61. The SMILES string of the molecule is Cc1cc2oc(=O)cc(C=[N+]=N)c2cc1Br. The third-order valence-electron chi connectivity index (χ3n) is 2.26. The summed E-state index contributed by atoms with van der Waals surface area (Å²) in [5.74, 6) is 0. The van der Waals surface area contributed by atoms with Crippen LogP contribution >= 0.6 is 15.9 Å². The van der Waals surface area contributed by atoms with Gasteiger partial charge in [-0.15, -0.1) is 0 Å². The van der Waals surface area contributed by atoms with E-state index in [0.717, 1.165) is 15.4 Å². The van der Waals surface area contributed by atoms with Crippen molar-refractivity contribution in [2.75, 3.05) is 0 Å². The van der Waals surface area contributed by atoms with Crippen molar-refractivity contribution in [2.24, 2.45) is 0 Å². The van der Waals surface area contributed by atoms with Gasteiger partial charge in [-0.25, -0.2) is 4.79 Å². The lowest BCUT2D eigenvalue weighted by Crippen LogP contribution is -2.00. The molecule has 2 rings (SSSR count). The second-order valence-corrected chi connectivity index (χ2v) is 4.23. The molecule has 0 saturated heterocycles. The van der Waals surface area contributed by atoms with Gasteiger partial charge in [-0.2, -0.15) is 0 Å². The number of aryl methyl sites for hydroxylation is 1. The molecule has 0 bridgehead atoms. The topological polar surface area (TPSA) is 68.2 Å². The zero-order chi connectivity index (χ0) is 11.7. The van der Waals surface area contributed by atoms with E-state index in [1.165, 1.54) is 12.3 Å². The molecule has 2 aromatic rings. The van der Waals surface area contributed by atoms with Gasteiger partial charge in [0.25, 0.3) is 0 Å². The van der Waals surface area contributed by atoms with E-state index < -0.39 is 5.63 Å². The fourth-order valence-electron chi connectivity index (χ4n) is 1.48. The molecule has 1 heterocycles. The van der Waals surface area contributed by atoms with Gasteiger partial charge in [-0.3, -0.25) is 0 Å². The summed E-state index contributed by atoms with van der Waals surface area (Å²) in [6, 6.07) is 4.95. The largest absolute Gasteiger partial charge is 0.423 e. The number of halogens is 1. The predicted molar refractivity (Wildman–Crippen MR) is 63.1 cm³/mol. The molecule has 0 radical (unpaired) electrons. The summed E-state index contributed by atoms with van der Waals surface area (Å²) in [6.45, 7) is 1.91. The highest BCUT2D eigenvalue weighted by Gasteiger charge is 2.09. The Balaban J connectivity index is 2.95. The van der Waals surface area contributed by atoms with Crippen molar-refractivity contribution < 1.29 is 9.21 Å². The molecule has 80 valence electrons. The van der Waals surface area contributed by atoms with Crippen molar-refractivity contribution in [3.8, 4) is 0 Å². The Morgan fingerprint density at radius 1 is 1.44 bits per heavy atom. The number of rotatable bonds is 1. The fraction of sp³-hybridized carbons (Fsp3) is 0.0909. The van der Waals surface area contributed by atoms with Crippen LogP contribution in [0.15, 0.2) is 31.9 Å². The minimum atomic E-state index is -0.441. The average molecular weight is 280 g/mol. The van der Waals surface area contributed by atoms with Crippen LogP contribution in [0.3, 0.4) is 0 Å². The third-order valence-corrected chi connectivity index (χ3v) is 3.11. The van der Waals surface area contributed by atoms with Crippen molar-refractivity contribution in [2.45, 2.75) is 6.92 Å². The lowest BCUT2D eigenvalue weighted by atomic mass is 10.1. The van der Waals surface area contributed by atoms with Crippen LogP contribution in [0, 0.1) is 12.5 Å². The van der Waals surface area contributed by atoms with Gasteiger partial charge in [0.05, 0.1) is 11.1 Å². The first-order valence-corrected chi connectivity index (χ1v) is 5.35. The Morgan fingerprint density at radius 3 is 2.88 bits per heavy atom. The summed E-state index contributed by atoms with van der Waals surface area (Å²) < 4.78 is 6.01. The fourth-order valence-corrected chi connectivity index (χ4v) is 1.83. The van der Waals surface area contributed by atoms with Crippen molar-refractivity contribution in [1.29, 1.82) is 5.53 Å². The van der Waals surface area contributed by atoms with Gasteiger partial charge in [-0.1, -0.05) is 15.9 Å². The van der Waals surface area contributed by atoms with Crippen LogP contribution in [-0.4, -0.2) is 11.0 Å². The molecule has 0 amide bonds. The maximum Gasteiger partial charge on any atom is 0.338 e. The first kappa shape index (κ1) is 10.8. The van der Waals surface area contributed by atoms with Gasteiger partial charge in [0.15, 0.2) is 0 Å². The summed E-state index contributed by atoms with van der Waals surface area (Å²) in [4.78, 5) is 14.5. The third kappa shape index (κ3) is 1.83. The van der Waals surface area contributed by atoms with Gasteiger partial charge in [0, 0.05) is 20.7 Å². The van der Waals surface area contributed by atoms with E-state index in [0.29, 0.717) is 11.1 Å². The zero-order valence-corrected chi connectivity index (χ0v) is 10.0. The molecule has 16 heavy (non-hydrogen) atoms. The normalized spacial score (nSPS) is 10.1. The highest BCUT2D eigenvalue weighted by Crippen LogP contribution is 2.24. The van der Waals surface area contributed by atoms with Gasteiger partial charge in [-0.05, 0) is 24.6 Å². The minimum Gasteiger partial charge on any atom is -0.423 e. The Bertz CT molecular complexity index is 669. The molecular formula is C11H8BrN2O2+. The number of hydrogen-bond donors (Lipinski definition) is 1. The molecule has 4 nitrogen and oxygen atoms in total. The standard InChI is InChI=1S/C11H8BrN2O2/c1-6-2-10-8(4-9(6)12)7(5-14-13)3-11(15)16-10/h2-5,13H,1H3/q+1. The number of hydrogen-bond acceptors (Lipinski definition) is 3. The molecule has 0 atom stereocenters. The number of benzene rings is 1. The molecular weight excluding hydrogens is 272 g/mol. The Kier molecular flexibility index (Phi) is 2.73. The van der Waals surface area contributed by atoms with E-state index in [9.17, 15) is 4.79 Å². The molecule has 0 aliphatic carbocycles. The molecule has 5 heteroatoms. The van der Waals surface area contributed by atoms with Crippen LogP contribution in [-0.2, 0) is 0 Å². The van der Waals surface area contributed by atoms with Crippen LogP contribution in [0.25, 0.3) is 11.0 Å². The minimum absolute atomic E-state index is 0.441.